The molecule has 1 aliphatic heterocycles. The van der Waals surface area contributed by atoms with Gasteiger partial charge in [0.25, 0.3) is 5.56 Å². The first kappa shape index (κ1) is 17.0. The summed E-state index contributed by atoms with van der Waals surface area (Å²) in [7, 11) is 3.12. The van der Waals surface area contributed by atoms with E-state index in [0.717, 1.165) is 10.1 Å². The van der Waals surface area contributed by atoms with E-state index >= 15 is 0 Å². The zero-order valence-corrected chi connectivity index (χ0v) is 14.5. The Morgan fingerprint density at radius 3 is 2.24 bits per heavy atom. The number of benzene rings is 1. The van der Waals surface area contributed by atoms with E-state index < -0.39 is 0 Å². The fraction of sp³-hybridized carbons (Fsp3) is 0.389. The van der Waals surface area contributed by atoms with Gasteiger partial charge in [0, 0.05) is 46.3 Å². The molecule has 1 aromatic carbocycles. The van der Waals surface area contributed by atoms with Crippen molar-refractivity contribution in [3.8, 4) is 0 Å². The number of carbonyl (C=O) groups is 1. The Hall–Kier alpha value is -2.83. The minimum atomic E-state index is -0.343. The molecule has 1 fully saturated rings. The van der Waals surface area contributed by atoms with Crippen LogP contribution in [-0.4, -0.2) is 46.1 Å². The average molecular weight is 342 g/mol. The molecule has 25 heavy (non-hydrogen) atoms. The number of hydrogen-bond acceptors (Lipinski definition) is 4. The number of rotatable bonds is 3. The highest BCUT2D eigenvalue weighted by atomic mass is 16.2. The number of amides is 1. The summed E-state index contributed by atoms with van der Waals surface area (Å²) < 4.78 is 2.56. The summed E-state index contributed by atoms with van der Waals surface area (Å²) in [6, 6.07) is 11.2. The van der Waals surface area contributed by atoms with E-state index in [1.165, 1.54) is 17.7 Å². The number of aromatic nitrogens is 2. The highest BCUT2D eigenvalue weighted by Crippen LogP contribution is 2.13. The van der Waals surface area contributed by atoms with Gasteiger partial charge in [-0.1, -0.05) is 30.3 Å². The largest absolute Gasteiger partial charge is 0.354 e. The van der Waals surface area contributed by atoms with Crippen LogP contribution in [-0.2, 0) is 25.3 Å². The first-order valence-electron chi connectivity index (χ1n) is 8.31. The van der Waals surface area contributed by atoms with Gasteiger partial charge >= 0.3 is 5.69 Å². The maximum Gasteiger partial charge on any atom is 0.332 e. The summed E-state index contributed by atoms with van der Waals surface area (Å²) in [5, 5.41) is 0. The maximum atomic E-state index is 12.4. The SMILES string of the molecule is Cn1c(N2CCN(C(=O)Cc3ccccc3)CC2)cc(=O)n(C)c1=O. The molecule has 1 aliphatic rings. The number of hydrogen-bond donors (Lipinski definition) is 0. The van der Waals surface area contributed by atoms with E-state index in [9.17, 15) is 14.4 Å². The van der Waals surface area contributed by atoms with Crippen molar-refractivity contribution in [3.05, 3.63) is 62.8 Å². The van der Waals surface area contributed by atoms with E-state index in [0.29, 0.717) is 38.4 Å². The van der Waals surface area contributed by atoms with Gasteiger partial charge < -0.3 is 9.80 Å². The summed E-state index contributed by atoms with van der Waals surface area (Å²) in [5.41, 5.74) is 0.342. The zero-order chi connectivity index (χ0) is 18.0. The van der Waals surface area contributed by atoms with Crippen LogP contribution in [0.4, 0.5) is 5.82 Å². The molecule has 3 rings (SSSR count). The Balaban J connectivity index is 1.67. The molecule has 7 heteroatoms. The lowest BCUT2D eigenvalue weighted by molar-refractivity contribution is -0.130. The van der Waals surface area contributed by atoms with Crippen LogP contribution in [0.3, 0.4) is 0 Å². The summed E-state index contributed by atoms with van der Waals surface area (Å²) in [5.74, 6) is 0.701. The van der Waals surface area contributed by atoms with E-state index in [1.54, 1.807) is 7.05 Å². The molecule has 0 radical (unpaired) electrons. The quantitative estimate of drug-likeness (QED) is 0.786. The smallest absolute Gasteiger partial charge is 0.332 e. The van der Waals surface area contributed by atoms with E-state index in [2.05, 4.69) is 0 Å². The molecule has 2 heterocycles. The highest BCUT2D eigenvalue weighted by molar-refractivity contribution is 5.79. The van der Waals surface area contributed by atoms with Crippen LogP contribution in [0.15, 0.2) is 46.0 Å². The molecule has 0 N–H and O–H groups in total. The molecule has 0 saturated carbocycles. The molecule has 0 bridgehead atoms. The first-order valence-corrected chi connectivity index (χ1v) is 8.31. The number of nitrogens with zero attached hydrogens (tertiary/aromatic N) is 4. The minimum absolute atomic E-state index is 0.101. The molecule has 7 nitrogen and oxygen atoms in total. The second-order valence-electron chi connectivity index (χ2n) is 6.27. The second-order valence-corrected chi connectivity index (χ2v) is 6.27. The van der Waals surface area contributed by atoms with Gasteiger partial charge in [-0.3, -0.25) is 18.7 Å². The van der Waals surface area contributed by atoms with Crippen molar-refractivity contribution in [1.29, 1.82) is 0 Å². The third-order valence-electron chi connectivity index (χ3n) is 4.66. The number of piperazine rings is 1. The molecule has 0 unspecified atom stereocenters. The van der Waals surface area contributed by atoms with Crippen molar-refractivity contribution < 1.29 is 4.79 Å². The van der Waals surface area contributed by atoms with Gasteiger partial charge in [-0.15, -0.1) is 0 Å². The zero-order valence-electron chi connectivity index (χ0n) is 14.5. The Morgan fingerprint density at radius 1 is 0.960 bits per heavy atom. The Labute approximate surface area is 145 Å². The monoisotopic (exact) mass is 342 g/mol. The molecule has 1 aromatic heterocycles. The van der Waals surface area contributed by atoms with Crippen LogP contribution in [0.25, 0.3) is 0 Å². The lowest BCUT2D eigenvalue weighted by Gasteiger charge is -2.36. The van der Waals surface area contributed by atoms with Crippen molar-refractivity contribution >= 4 is 11.7 Å². The maximum absolute atomic E-state index is 12.4. The van der Waals surface area contributed by atoms with Gasteiger partial charge in [0.1, 0.15) is 5.82 Å². The Kier molecular flexibility index (Phi) is 4.74. The fourth-order valence-corrected chi connectivity index (χ4v) is 3.09. The predicted molar refractivity (Wildman–Crippen MR) is 95.9 cm³/mol. The normalized spacial score (nSPS) is 14.6. The van der Waals surface area contributed by atoms with Crippen LogP contribution in [0.5, 0.6) is 0 Å². The van der Waals surface area contributed by atoms with Gasteiger partial charge in [0.05, 0.1) is 6.42 Å². The number of anilines is 1. The summed E-state index contributed by atoms with van der Waals surface area (Å²) in [6.07, 6.45) is 0.394. The molecule has 1 saturated heterocycles. The molecule has 1 amide bonds. The average Bonchev–Trinajstić information content (AvgIpc) is 2.64. The fourth-order valence-electron chi connectivity index (χ4n) is 3.09. The standard InChI is InChI=1S/C18H22N4O3/c1-19-15(13-16(23)20(2)18(19)25)21-8-10-22(11-9-21)17(24)12-14-6-4-3-5-7-14/h3-7,13H,8-12H2,1-2H3. The summed E-state index contributed by atoms with van der Waals surface area (Å²) in [6.45, 7) is 2.35. The molecular formula is C18H22N4O3. The Bertz CT molecular complexity index is 877. The van der Waals surface area contributed by atoms with Crippen molar-refractivity contribution in [2.24, 2.45) is 14.1 Å². The first-order chi connectivity index (χ1) is 12.0. The molecule has 0 atom stereocenters. The lowest BCUT2D eigenvalue weighted by Crippen LogP contribution is -2.51. The van der Waals surface area contributed by atoms with E-state index in [1.807, 2.05) is 40.1 Å². The van der Waals surface area contributed by atoms with Crippen LogP contribution >= 0.6 is 0 Å². The summed E-state index contributed by atoms with van der Waals surface area (Å²) >= 11 is 0. The van der Waals surface area contributed by atoms with Gasteiger partial charge in [0.15, 0.2) is 0 Å². The van der Waals surface area contributed by atoms with Gasteiger partial charge in [-0.25, -0.2) is 4.79 Å². The molecule has 0 spiro atoms. The van der Waals surface area contributed by atoms with Crippen molar-refractivity contribution in [2.45, 2.75) is 6.42 Å². The predicted octanol–water partition coefficient (Wildman–Crippen LogP) is -0.0247. The lowest BCUT2D eigenvalue weighted by atomic mass is 10.1. The third kappa shape index (κ3) is 3.50. The van der Waals surface area contributed by atoms with E-state index in [-0.39, 0.29) is 17.2 Å². The molecule has 132 valence electrons. The summed E-state index contributed by atoms with van der Waals surface area (Å²) in [4.78, 5) is 40.2. The molecule has 0 aliphatic carbocycles. The van der Waals surface area contributed by atoms with Crippen molar-refractivity contribution in [2.75, 3.05) is 31.1 Å². The van der Waals surface area contributed by atoms with Crippen LogP contribution < -0.4 is 16.1 Å². The minimum Gasteiger partial charge on any atom is -0.354 e. The van der Waals surface area contributed by atoms with Crippen LogP contribution in [0, 0.1) is 0 Å². The third-order valence-corrected chi connectivity index (χ3v) is 4.66. The number of carbonyl (C=O) groups excluding carboxylic acids is 1. The van der Waals surface area contributed by atoms with Crippen molar-refractivity contribution in [3.63, 3.8) is 0 Å². The molecule has 2 aromatic rings. The van der Waals surface area contributed by atoms with Crippen LogP contribution in [0.1, 0.15) is 5.56 Å². The van der Waals surface area contributed by atoms with Gasteiger partial charge in [0.2, 0.25) is 5.91 Å². The van der Waals surface area contributed by atoms with Gasteiger partial charge in [-0.05, 0) is 5.56 Å². The highest BCUT2D eigenvalue weighted by Gasteiger charge is 2.23. The van der Waals surface area contributed by atoms with E-state index in [4.69, 9.17) is 0 Å². The van der Waals surface area contributed by atoms with Crippen molar-refractivity contribution in [1.82, 2.24) is 14.0 Å². The van der Waals surface area contributed by atoms with Gasteiger partial charge in [-0.2, -0.15) is 0 Å². The Morgan fingerprint density at radius 2 is 1.60 bits per heavy atom. The topological polar surface area (TPSA) is 67.5 Å². The second kappa shape index (κ2) is 6.96. The van der Waals surface area contributed by atoms with Crippen LogP contribution in [0.2, 0.25) is 0 Å². The molecular weight excluding hydrogens is 320 g/mol.